The lowest BCUT2D eigenvalue weighted by atomic mass is 10.0. The Morgan fingerprint density at radius 2 is 1.78 bits per heavy atom. The Morgan fingerprint density at radius 3 is 2.61 bits per heavy atom. The summed E-state index contributed by atoms with van der Waals surface area (Å²) in [6, 6.07) is 2.78. The molecular formula is C37H47N5O8S. The lowest BCUT2D eigenvalue weighted by molar-refractivity contribution is -0.140. The molecule has 1 unspecified atom stereocenters. The molecule has 4 amide bonds. The number of carbonyl (C=O) groups excluding carboxylic acids is 4. The van der Waals surface area contributed by atoms with E-state index in [9.17, 15) is 27.6 Å². The number of carbonyl (C=O) groups is 4. The third-order valence-electron chi connectivity index (χ3n) is 9.87. The van der Waals surface area contributed by atoms with Crippen LogP contribution in [0.4, 0.5) is 4.79 Å². The van der Waals surface area contributed by atoms with Crippen LogP contribution >= 0.6 is 0 Å². The summed E-state index contributed by atoms with van der Waals surface area (Å²) in [4.78, 5) is 60.6. The number of nitrogens with zero attached hydrogens (tertiary/aromatic N) is 2. The number of aryl methyl sites for hydroxylation is 1. The van der Waals surface area contributed by atoms with Gasteiger partial charge in [0.05, 0.1) is 18.4 Å². The number of hydrogen-bond donors (Lipinski definition) is 3. The average molecular weight is 722 g/mol. The SMILES string of the molecule is Cc1cc2ccnc3c2cc1/C=C/CCCCOC(=O)N[C@H]1CCCCC/C=C\CC(C(=O)NS(=O)(=O)C2CC2)NC(=O)[C@@H]2C[C@H](CN2C1=O)O3. The number of ether oxygens (including phenoxy) is 2. The summed E-state index contributed by atoms with van der Waals surface area (Å²) in [7, 11) is -3.86. The minimum absolute atomic E-state index is 0.0215. The normalized spacial score (nSPS) is 27.0. The molecule has 4 aliphatic rings. The molecule has 13 nitrogen and oxygen atoms in total. The molecule has 6 rings (SSSR count). The number of cyclic esters (lactones) is 1. The van der Waals surface area contributed by atoms with Gasteiger partial charge in [0.25, 0.3) is 5.91 Å². The molecule has 2 aromatic rings. The van der Waals surface area contributed by atoms with Gasteiger partial charge in [0.1, 0.15) is 24.2 Å². The van der Waals surface area contributed by atoms with Gasteiger partial charge < -0.3 is 25.0 Å². The summed E-state index contributed by atoms with van der Waals surface area (Å²) in [5.74, 6) is -1.55. The van der Waals surface area contributed by atoms with Gasteiger partial charge in [0, 0.05) is 18.0 Å². The van der Waals surface area contributed by atoms with Crippen LogP contribution in [0.5, 0.6) is 5.88 Å². The van der Waals surface area contributed by atoms with E-state index in [0.29, 0.717) is 44.4 Å². The van der Waals surface area contributed by atoms with E-state index in [1.165, 1.54) is 4.90 Å². The highest BCUT2D eigenvalue weighted by atomic mass is 32.2. The van der Waals surface area contributed by atoms with E-state index in [-0.39, 0.29) is 26.0 Å². The molecule has 1 aliphatic carbocycles. The fraction of sp³-hybridized carbons (Fsp3) is 0.541. The number of aromatic nitrogens is 1. The summed E-state index contributed by atoms with van der Waals surface area (Å²) in [6.07, 6.45) is 14.8. The highest BCUT2D eigenvalue weighted by molar-refractivity contribution is 7.90. The van der Waals surface area contributed by atoms with Crippen LogP contribution in [-0.2, 0) is 29.1 Å². The van der Waals surface area contributed by atoms with Crippen LogP contribution in [0.1, 0.15) is 88.2 Å². The van der Waals surface area contributed by atoms with Crippen molar-refractivity contribution >= 4 is 50.7 Å². The second-order valence-corrected chi connectivity index (χ2v) is 15.8. The number of alkyl carbamates (subject to hydrolysis) is 1. The van der Waals surface area contributed by atoms with Crippen molar-refractivity contribution in [2.24, 2.45) is 0 Å². The highest BCUT2D eigenvalue weighted by Crippen LogP contribution is 2.31. The molecule has 3 aliphatic heterocycles. The number of allylic oxidation sites excluding steroid dienone is 2. The summed E-state index contributed by atoms with van der Waals surface area (Å²) in [5, 5.41) is 6.61. The average Bonchev–Trinajstić information content (AvgIpc) is 3.88. The van der Waals surface area contributed by atoms with Crippen molar-refractivity contribution in [3.05, 3.63) is 53.8 Å². The zero-order valence-electron chi connectivity index (χ0n) is 29.0. The first kappa shape index (κ1) is 36.3. The van der Waals surface area contributed by atoms with E-state index in [1.807, 2.05) is 25.1 Å². The fourth-order valence-electron chi connectivity index (χ4n) is 6.82. The first-order valence-corrected chi connectivity index (χ1v) is 19.6. The zero-order valence-corrected chi connectivity index (χ0v) is 29.8. The second-order valence-electron chi connectivity index (χ2n) is 13.9. The van der Waals surface area contributed by atoms with Gasteiger partial charge in [-0.15, -0.1) is 0 Å². The van der Waals surface area contributed by atoms with Crippen molar-refractivity contribution in [1.29, 1.82) is 0 Å². The minimum atomic E-state index is -3.86. The van der Waals surface area contributed by atoms with Crippen molar-refractivity contribution in [2.45, 2.75) is 113 Å². The third kappa shape index (κ3) is 9.26. The minimum Gasteiger partial charge on any atom is -0.472 e. The molecule has 5 bridgehead atoms. The number of hydrogen-bond acceptors (Lipinski definition) is 9. The Morgan fingerprint density at radius 1 is 0.980 bits per heavy atom. The van der Waals surface area contributed by atoms with E-state index < -0.39 is 63.3 Å². The van der Waals surface area contributed by atoms with Gasteiger partial charge in [-0.1, -0.05) is 43.2 Å². The molecule has 1 saturated heterocycles. The maximum Gasteiger partial charge on any atom is 0.407 e. The predicted octanol–water partition coefficient (Wildman–Crippen LogP) is 4.19. The molecule has 14 heteroatoms. The number of benzene rings is 1. The van der Waals surface area contributed by atoms with Gasteiger partial charge in [0.2, 0.25) is 27.7 Å². The molecule has 3 N–H and O–H groups in total. The van der Waals surface area contributed by atoms with E-state index in [0.717, 1.165) is 47.6 Å². The number of sulfonamides is 1. The van der Waals surface area contributed by atoms with Crippen LogP contribution < -0.4 is 20.1 Å². The maximum absolute atomic E-state index is 14.3. The smallest absolute Gasteiger partial charge is 0.407 e. The lowest BCUT2D eigenvalue weighted by Crippen LogP contribution is -2.56. The summed E-state index contributed by atoms with van der Waals surface area (Å²) in [6.45, 7) is 2.25. The first-order valence-electron chi connectivity index (χ1n) is 18.1. The van der Waals surface area contributed by atoms with Gasteiger partial charge >= 0.3 is 6.09 Å². The molecule has 4 heterocycles. The van der Waals surface area contributed by atoms with Crippen LogP contribution in [0.2, 0.25) is 0 Å². The second kappa shape index (κ2) is 16.3. The molecular weight excluding hydrogens is 675 g/mol. The third-order valence-corrected chi connectivity index (χ3v) is 11.7. The van der Waals surface area contributed by atoms with Gasteiger partial charge in [-0.2, -0.15) is 0 Å². The summed E-state index contributed by atoms with van der Waals surface area (Å²) in [5.41, 5.74) is 2.09. The van der Waals surface area contributed by atoms with Crippen molar-refractivity contribution < 1.29 is 37.1 Å². The first-order chi connectivity index (χ1) is 24.6. The number of amides is 4. The Bertz CT molecular complexity index is 1810. The molecule has 0 radical (unpaired) electrons. The lowest BCUT2D eigenvalue weighted by Gasteiger charge is -2.29. The van der Waals surface area contributed by atoms with Crippen LogP contribution in [0.25, 0.3) is 16.8 Å². The largest absolute Gasteiger partial charge is 0.472 e. The molecule has 2 fully saturated rings. The van der Waals surface area contributed by atoms with E-state index in [4.69, 9.17) is 9.47 Å². The molecule has 1 saturated carbocycles. The number of nitrogens with one attached hydrogen (secondary N) is 3. The van der Waals surface area contributed by atoms with E-state index in [1.54, 1.807) is 12.3 Å². The highest BCUT2D eigenvalue weighted by Gasteiger charge is 2.45. The van der Waals surface area contributed by atoms with Gasteiger partial charge in [-0.25, -0.2) is 18.2 Å². The van der Waals surface area contributed by atoms with E-state index in [2.05, 4.69) is 38.6 Å². The number of fused-ring (bicyclic) bond motifs is 3. The quantitative estimate of drug-likeness (QED) is 0.393. The standard InChI is InChI=1S/C37H47N5O8S/c1-24-20-26-17-18-38-35-29(26)21-25(24)12-8-6-7-11-19-49-37(46)40-31-14-10-5-3-2-4-9-13-30(33(43)41-51(47,48)28-15-16-28)39-34(44)32-22-27(50-35)23-42(32)36(31)45/h4,8-9,12,17-18,20-21,27-28,30-32H,2-3,5-7,10-11,13-16,19,22-23H2,1H3,(H,39,44)(H,40,46)(H,41,43)/b9-4-,12-8+/t27-,30?,31+,32+/m1/s1. The van der Waals surface area contributed by atoms with Crippen molar-refractivity contribution in [1.82, 2.24) is 25.2 Å². The monoisotopic (exact) mass is 721 g/mol. The fourth-order valence-corrected chi connectivity index (χ4v) is 8.17. The Kier molecular flexibility index (Phi) is 11.6. The number of rotatable bonds is 3. The van der Waals surface area contributed by atoms with Gasteiger partial charge in [0.15, 0.2) is 0 Å². The molecule has 274 valence electrons. The topological polar surface area (TPSA) is 173 Å². The molecule has 0 spiro atoms. The molecule has 4 atom stereocenters. The van der Waals surface area contributed by atoms with Gasteiger partial charge in [-0.3, -0.25) is 19.1 Å². The van der Waals surface area contributed by atoms with Crippen LogP contribution in [0.15, 0.2) is 42.6 Å². The molecule has 1 aromatic carbocycles. The Hall–Kier alpha value is -4.46. The van der Waals surface area contributed by atoms with Crippen LogP contribution in [0.3, 0.4) is 0 Å². The predicted molar refractivity (Wildman–Crippen MR) is 191 cm³/mol. The zero-order chi connectivity index (χ0) is 36.0. The summed E-state index contributed by atoms with van der Waals surface area (Å²) < 4.78 is 39.4. The van der Waals surface area contributed by atoms with Crippen molar-refractivity contribution in [3.63, 3.8) is 0 Å². The Balaban J connectivity index is 1.33. The molecule has 1 aromatic heterocycles. The Labute approximate surface area is 298 Å². The van der Waals surface area contributed by atoms with Crippen molar-refractivity contribution in [3.8, 4) is 5.88 Å². The number of pyridine rings is 1. The molecule has 51 heavy (non-hydrogen) atoms. The van der Waals surface area contributed by atoms with Gasteiger partial charge in [-0.05, 0) is 93.4 Å². The van der Waals surface area contributed by atoms with Crippen LogP contribution in [-0.4, -0.2) is 84.7 Å². The maximum atomic E-state index is 14.3. The van der Waals surface area contributed by atoms with Crippen LogP contribution in [0, 0.1) is 6.92 Å². The van der Waals surface area contributed by atoms with Crippen molar-refractivity contribution in [2.75, 3.05) is 13.2 Å². The summed E-state index contributed by atoms with van der Waals surface area (Å²) >= 11 is 0. The van der Waals surface area contributed by atoms with E-state index >= 15 is 0 Å².